The quantitative estimate of drug-likeness (QED) is 0.827. The summed E-state index contributed by atoms with van der Waals surface area (Å²) in [4.78, 5) is 15.3. The molecule has 92 valence electrons. The Morgan fingerprint density at radius 3 is 2.94 bits per heavy atom. The van der Waals surface area contributed by atoms with Crippen LogP contribution in [0.4, 0.5) is 0 Å². The third-order valence-electron chi connectivity index (χ3n) is 4.26. The maximum absolute atomic E-state index is 12.4. The van der Waals surface area contributed by atoms with Crippen LogP contribution in [0.1, 0.15) is 28.1 Å². The number of rotatable bonds is 1. The fourth-order valence-electron chi connectivity index (χ4n) is 3.21. The number of aryl methyl sites for hydroxylation is 1. The molecule has 1 aliphatic carbocycles. The third-order valence-corrected chi connectivity index (χ3v) is 5.26. The molecule has 1 saturated heterocycles. The molecule has 1 saturated carbocycles. The molecule has 4 heteroatoms. The summed E-state index contributed by atoms with van der Waals surface area (Å²) in [5.41, 5.74) is 7.19. The molecule has 1 aromatic heterocycles. The first-order valence-electron chi connectivity index (χ1n) is 6.26. The Kier molecular flexibility index (Phi) is 2.71. The van der Waals surface area contributed by atoms with Gasteiger partial charge < -0.3 is 10.6 Å². The van der Waals surface area contributed by atoms with Gasteiger partial charge in [0.2, 0.25) is 0 Å². The van der Waals surface area contributed by atoms with Crippen molar-refractivity contribution in [1.29, 1.82) is 0 Å². The summed E-state index contributed by atoms with van der Waals surface area (Å²) in [6.07, 6.45) is 2.33. The van der Waals surface area contributed by atoms with E-state index in [2.05, 4.69) is 0 Å². The lowest BCUT2D eigenvalue weighted by molar-refractivity contribution is 0.0784. The Labute approximate surface area is 106 Å². The monoisotopic (exact) mass is 250 g/mol. The topological polar surface area (TPSA) is 46.3 Å². The Balaban J connectivity index is 1.75. The first-order valence-corrected chi connectivity index (χ1v) is 7.13. The van der Waals surface area contributed by atoms with E-state index in [4.69, 9.17) is 5.73 Å². The summed E-state index contributed by atoms with van der Waals surface area (Å²) in [6.45, 7) is 3.78. The van der Waals surface area contributed by atoms with E-state index in [1.807, 2.05) is 23.3 Å². The van der Waals surface area contributed by atoms with Crippen LogP contribution in [-0.4, -0.2) is 29.9 Å². The van der Waals surface area contributed by atoms with E-state index in [0.717, 1.165) is 30.0 Å². The number of amides is 1. The second kappa shape index (κ2) is 4.10. The molecule has 0 bridgehead atoms. The molecule has 2 fully saturated rings. The van der Waals surface area contributed by atoms with Crippen molar-refractivity contribution in [2.45, 2.75) is 25.8 Å². The van der Waals surface area contributed by atoms with Crippen molar-refractivity contribution in [2.24, 2.45) is 17.6 Å². The van der Waals surface area contributed by atoms with E-state index in [1.54, 1.807) is 11.3 Å². The molecular formula is C13H18N2OS. The molecular weight excluding hydrogens is 232 g/mol. The van der Waals surface area contributed by atoms with Gasteiger partial charge in [-0.15, -0.1) is 11.3 Å². The van der Waals surface area contributed by atoms with Crippen molar-refractivity contribution >= 4 is 17.2 Å². The highest BCUT2D eigenvalue weighted by molar-refractivity contribution is 7.12. The second-order valence-electron chi connectivity index (χ2n) is 5.31. The van der Waals surface area contributed by atoms with Gasteiger partial charge in [0.25, 0.3) is 5.91 Å². The number of carbonyl (C=O) groups excluding carboxylic acids is 1. The number of nitrogens with zero attached hydrogens (tertiary/aromatic N) is 1. The zero-order valence-corrected chi connectivity index (χ0v) is 10.9. The predicted molar refractivity (Wildman–Crippen MR) is 69.1 cm³/mol. The van der Waals surface area contributed by atoms with Gasteiger partial charge in [-0.2, -0.15) is 0 Å². The van der Waals surface area contributed by atoms with Crippen LogP contribution in [0.5, 0.6) is 0 Å². The summed E-state index contributed by atoms with van der Waals surface area (Å²) in [7, 11) is 0. The predicted octanol–water partition coefficient (Wildman–Crippen LogP) is 1.87. The Bertz CT molecular complexity index is 442. The van der Waals surface area contributed by atoms with Crippen LogP contribution in [0.3, 0.4) is 0 Å². The molecule has 3 nitrogen and oxygen atoms in total. The van der Waals surface area contributed by atoms with Crippen LogP contribution in [0, 0.1) is 18.8 Å². The number of carbonyl (C=O) groups is 1. The van der Waals surface area contributed by atoms with E-state index >= 15 is 0 Å². The Hall–Kier alpha value is -0.870. The zero-order chi connectivity index (χ0) is 12.0. The fraction of sp³-hybridized carbons (Fsp3) is 0.615. The highest BCUT2D eigenvalue weighted by Gasteiger charge is 2.42. The van der Waals surface area contributed by atoms with Gasteiger partial charge in [-0.1, -0.05) is 0 Å². The average molecular weight is 250 g/mol. The number of hydrogen-bond donors (Lipinski definition) is 1. The summed E-state index contributed by atoms with van der Waals surface area (Å²) < 4.78 is 0. The van der Waals surface area contributed by atoms with Crippen LogP contribution < -0.4 is 5.73 Å². The van der Waals surface area contributed by atoms with Crippen molar-refractivity contribution < 1.29 is 4.79 Å². The van der Waals surface area contributed by atoms with E-state index < -0.39 is 0 Å². The lowest BCUT2D eigenvalue weighted by atomic mass is 9.98. The molecule has 0 spiro atoms. The second-order valence-corrected chi connectivity index (χ2v) is 6.22. The molecule has 1 aliphatic heterocycles. The molecule has 0 radical (unpaired) electrons. The minimum Gasteiger partial charge on any atom is -0.337 e. The first-order chi connectivity index (χ1) is 8.16. The third kappa shape index (κ3) is 1.79. The largest absolute Gasteiger partial charge is 0.337 e. The lowest BCUT2D eigenvalue weighted by Crippen LogP contribution is -2.33. The summed E-state index contributed by atoms with van der Waals surface area (Å²) in [5.74, 6) is 1.40. The number of fused-ring (bicyclic) bond motifs is 1. The lowest BCUT2D eigenvalue weighted by Gasteiger charge is -2.18. The van der Waals surface area contributed by atoms with Gasteiger partial charge in [-0.3, -0.25) is 4.79 Å². The van der Waals surface area contributed by atoms with Gasteiger partial charge in [0.15, 0.2) is 0 Å². The molecule has 1 aromatic rings. The van der Waals surface area contributed by atoms with Gasteiger partial charge in [0, 0.05) is 19.1 Å². The molecule has 0 aromatic carbocycles. The normalized spacial score (nSPS) is 31.9. The zero-order valence-electron chi connectivity index (χ0n) is 10.1. The standard InChI is InChI=1S/C13H18N2OS/c1-8-4-5-17-12(8)13(16)15-6-9-2-3-11(14)10(9)7-15/h4-5,9-11H,2-3,6-7,14H2,1H3/t9-,10-,11-/m0/s1. The smallest absolute Gasteiger partial charge is 0.264 e. The average Bonchev–Trinajstić information content (AvgIpc) is 2.96. The SMILES string of the molecule is Cc1ccsc1C(=O)N1C[C@@H]2CC[C@H](N)[C@H]2C1. The molecule has 2 aliphatic rings. The van der Waals surface area contributed by atoms with E-state index in [9.17, 15) is 4.79 Å². The van der Waals surface area contributed by atoms with Gasteiger partial charge in [-0.05, 0) is 48.6 Å². The van der Waals surface area contributed by atoms with Gasteiger partial charge in [-0.25, -0.2) is 0 Å². The van der Waals surface area contributed by atoms with Crippen molar-refractivity contribution in [3.05, 3.63) is 21.9 Å². The number of thiophene rings is 1. The summed E-state index contributed by atoms with van der Waals surface area (Å²) >= 11 is 1.55. The molecule has 0 unspecified atom stereocenters. The number of likely N-dealkylation sites (tertiary alicyclic amines) is 1. The minimum absolute atomic E-state index is 0.208. The Morgan fingerprint density at radius 2 is 2.29 bits per heavy atom. The molecule has 2 heterocycles. The highest BCUT2D eigenvalue weighted by atomic mass is 32.1. The van der Waals surface area contributed by atoms with Gasteiger partial charge in [0.05, 0.1) is 4.88 Å². The van der Waals surface area contributed by atoms with Crippen LogP contribution in [0.25, 0.3) is 0 Å². The maximum atomic E-state index is 12.4. The van der Waals surface area contributed by atoms with Crippen molar-refractivity contribution in [3.63, 3.8) is 0 Å². The van der Waals surface area contributed by atoms with E-state index in [1.165, 1.54) is 6.42 Å². The summed E-state index contributed by atoms with van der Waals surface area (Å²) in [6, 6.07) is 2.32. The number of nitrogens with two attached hydrogens (primary N) is 1. The van der Waals surface area contributed by atoms with Crippen molar-refractivity contribution in [2.75, 3.05) is 13.1 Å². The fourth-order valence-corrected chi connectivity index (χ4v) is 4.10. The van der Waals surface area contributed by atoms with Crippen LogP contribution in [-0.2, 0) is 0 Å². The van der Waals surface area contributed by atoms with E-state index in [-0.39, 0.29) is 5.91 Å². The van der Waals surface area contributed by atoms with Crippen molar-refractivity contribution in [3.8, 4) is 0 Å². The van der Waals surface area contributed by atoms with E-state index in [0.29, 0.717) is 17.9 Å². The highest BCUT2D eigenvalue weighted by Crippen LogP contribution is 2.38. The molecule has 17 heavy (non-hydrogen) atoms. The summed E-state index contributed by atoms with van der Waals surface area (Å²) in [5, 5.41) is 1.99. The van der Waals surface area contributed by atoms with Gasteiger partial charge in [0.1, 0.15) is 0 Å². The molecule has 2 N–H and O–H groups in total. The number of hydrogen-bond acceptors (Lipinski definition) is 3. The van der Waals surface area contributed by atoms with Gasteiger partial charge >= 0.3 is 0 Å². The van der Waals surface area contributed by atoms with Crippen LogP contribution in [0.15, 0.2) is 11.4 Å². The Morgan fingerprint density at radius 1 is 1.47 bits per heavy atom. The molecule has 3 rings (SSSR count). The first kappa shape index (κ1) is 11.2. The minimum atomic E-state index is 0.208. The maximum Gasteiger partial charge on any atom is 0.264 e. The van der Waals surface area contributed by atoms with Crippen LogP contribution >= 0.6 is 11.3 Å². The van der Waals surface area contributed by atoms with Crippen LogP contribution in [0.2, 0.25) is 0 Å². The molecule has 3 atom stereocenters. The van der Waals surface area contributed by atoms with Crippen molar-refractivity contribution in [1.82, 2.24) is 4.90 Å². The molecule has 1 amide bonds.